The zero-order valence-corrected chi connectivity index (χ0v) is 20.8. The molecule has 0 bridgehead atoms. The molecule has 6 heterocycles. The number of pyridine rings is 3. The summed E-state index contributed by atoms with van der Waals surface area (Å²) >= 11 is 0. The van der Waals surface area contributed by atoms with E-state index in [1.54, 1.807) is 18.5 Å². The number of hydrogen-bond donors (Lipinski definition) is 2. The molecule has 2 N–H and O–H groups in total. The van der Waals surface area contributed by atoms with Gasteiger partial charge in [-0.3, -0.25) is 20.0 Å². The minimum Gasteiger partial charge on any atom is -0.352 e. The van der Waals surface area contributed by atoms with Gasteiger partial charge in [-0.2, -0.15) is 5.10 Å². The summed E-state index contributed by atoms with van der Waals surface area (Å²) in [5.74, 6) is -0.278. The van der Waals surface area contributed by atoms with Crippen molar-refractivity contribution in [1.29, 1.82) is 0 Å². The van der Waals surface area contributed by atoms with Gasteiger partial charge in [-0.15, -0.1) is 0 Å². The number of likely N-dealkylation sites (tertiary alicyclic amines) is 1. The first-order valence-corrected chi connectivity index (χ1v) is 13.0. The molecular weight excluding hydrogens is 477 g/mol. The molecule has 188 valence electrons. The predicted octanol–water partition coefficient (Wildman–Crippen LogP) is 6.36. The van der Waals surface area contributed by atoms with E-state index in [9.17, 15) is 4.39 Å². The van der Waals surface area contributed by atoms with Crippen LogP contribution in [0.5, 0.6) is 0 Å². The first-order chi connectivity index (χ1) is 18.7. The van der Waals surface area contributed by atoms with Crippen molar-refractivity contribution in [3.05, 3.63) is 84.7 Å². The van der Waals surface area contributed by atoms with Crippen LogP contribution in [-0.2, 0) is 6.54 Å². The average Bonchev–Trinajstić information content (AvgIpc) is 3.57. The van der Waals surface area contributed by atoms with Gasteiger partial charge in [-0.1, -0.05) is 18.6 Å². The van der Waals surface area contributed by atoms with Crippen LogP contribution in [0.3, 0.4) is 0 Å². The number of aromatic amines is 2. The number of H-pyrrole nitrogens is 2. The van der Waals surface area contributed by atoms with Crippen molar-refractivity contribution in [2.45, 2.75) is 25.8 Å². The lowest BCUT2D eigenvalue weighted by molar-refractivity contribution is 0.220. The van der Waals surface area contributed by atoms with E-state index in [1.807, 2.05) is 36.7 Å². The molecule has 1 aliphatic heterocycles. The number of piperidine rings is 1. The number of fused-ring (bicyclic) bond motifs is 2. The van der Waals surface area contributed by atoms with Gasteiger partial charge in [-0.25, -0.2) is 9.37 Å². The molecule has 6 aromatic rings. The van der Waals surface area contributed by atoms with Crippen molar-refractivity contribution in [2.24, 2.45) is 0 Å². The monoisotopic (exact) mass is 503 g/mol. The second kappa shape index (κ2) is 9.46. The predicted molar refractivity (Wildman–Crippen MR) is 147 cm³/mol. The quantitative estimate of drug-likeness (QED) is 0.286. The Morgan fingerprint density at radius 1 is 0.842 bits per heavy atom. The Morgan fingerprint density at radius 3 is 2.63 bits per heavy atom. The molecule has 0 atom stereocenters. The van der Waals surface area contributed by atoms with E-state index >= 15 is 0 Å². The van der Waals surface area contributed by atoms with E-state index in [0.717, 1.165) is 75.3 Å². The molecule has 5 aromatic heterocycles. The summed E-state index contributed by atoms with van der Waals surface area (Å²) in [6.07, 6.45) is 11.2. The zero-order valence-electron chi connectivity index (χ0n) is 20.8. The van der Waals surface area contributed by atoms with Crippen LogP contribution in [0, 0.1) is 5.82 Å². The third-order valence-electron chi connectivity index (χ3n) is 7.29. The zero-order chi connectivity index (χ0) is 25.5. The summed E-state index contributed by atoms with van der Waals surface area (Å²) in [6, 6.07) is 14.8. The van der Waals surface area contributed by atoms with Gasteiger partial charge in [-0.05, 0) is 73.5 Å². The Morgan fingerprint density at radius 2 is 1.74 bits per heavy atom. The highest BCUT2D eigenvalue weighted by molar-refractivity contribution is 6.00. The van der Waals surface area contributed by atoms with Gasteiger partial charge >= 0.3 is 0 Å². The van der Waals surface area contributed by atoms with Crippen LogP contribution in [-0.4, -0.2) is 48.1 Å². The molecule has 1 fully saturated rings. The van der Waals surface area contributed by atoms with Crippen LogP contribution < -0.4 is 0 Å². The average molecular weight is 504 g/mol. The van der Waals surface area contributed by atoms with Gasteiger partial charge in [0.2, 0.25) is 0 Å². The minimum atomic E-state index is -0.278. The molecule has 1 saturated heterocycles. The lowest BCUT2D eigenvalue weighted by atomic mass is 10.0. The number of nitrogens with zero attached hydrogens (tertiary/aromatic N) is 5. The van der Waals surface area contributed by atoms with Gasteiger partial charge in [0.05, 0.1) is 28.6 Å². The van der Waals surface area contributed by atoms with Crippen LogP contribution in [0.1, 0.15) is 24.8 Å². The fourth-order valence-electron chi connectivity index (χ4n) is 5.40. The summed E-state index contributed by atoms with van der Waals surface area (Å²) in [7, 11) is 0. The smallest absolute Gasteiger partial charge is 0.135 e. The van der Waals surface area contributed by atoms with Gasteiger partial charge in [0, 0.05) is 41.6 Å². The maximum atomic E-state index is 13.9. The summed E-state index contributed by atoms with van der Waals surface area (Å²) in [5, 5.41) is 8.64. The van der Waals surface area contributed by atoms with Crippen molar-refractivity contribution in [3.63, 3.8) is 0 Å². The summed E-state index contributed by atoms with van der Waals surface area (Å²) < 4.78 is 13.9. The maximum absolute atomic E-state index is 13.9. The third kappa shape index (κ3) is 4.22. The first kappa shape index (κ1) is 22.7. The van der Waals surface area contributed by atoms with Gasteiger partial charge in [0.25, 0.3) is 0 Å². The Balaban J connectivity index is 1.26. The molecule has 0 saturated carbocycles. The molecule has 7 rings (SSSR count). The van der Waals surface area contributed by atoms with Crippen molar-refractivity contribution >= 4 is 21.9 Å². The van der Waals surface area contributed by atoms with Crippen LogP contribution >= 0.6 is 0 Å². The van der Waals surface area contributed by atoms with Crippen LogP contribution in [0.15, 0.2) is 73.3 Å². The molecule has 0 radical (unpaired) electrons. The van der Waals surface area contributed by atoms with E-state index in [-0.39, 0.29) is 5.82 Å². The molecule has 8 heteroatoms. The summed E-state index contributed by atoms with van der Waals surface area (Å²) in [6.45, 7) is 3.21. The van der Waals surface area contributed by atoms with E-state index in [0.29, 0.717) is 0 Å². The summed E-state index contributed by atoms with van der Waals surface area (Å²) in [4.78, 5) is 19.8. The number of nitrogens with one attached hydrogen (secondary N) is 2. The maximum Gasteiger partial charge on any atom is 0.135 e. The number of aromatic nitrogens is 6. The Bertz CT molecular complexity index is 1760. The molecule has 0 unspecified atom stereocenters. The SMILES string of the molecule is Fc1cccc(-c2cncc3[nH]c(-c4n[nH]c5ccc(-c6cncc(CN7CCCCC7)c6)nc45)cc23)c1. The number of benzene rings is 1. The Kier molecular flexibility index (Phi) is 5.66. The highest BCUT2D eigenvalue weighted by Gasteiger charge is 2.17. The lowest BCUT2D eigenvalue weighted by Gasteiger charge is -2.26. The standard InChI is InChI=1S/C30H26FN7/c31-22-6-4-5-20(12-22)24-16-33-17-28-23(24)13-27(34-28)30-29-26(36-37-30)8-7-25(35-29)21-11-19(14-32-15-21)18-38-9-2-1-3-10-38/h4-8,11-17,34H,1-3,9-10,18H2,(H,36,37). The highest BCUT2D eigenvalue weighted by Crippen LogP contribution is 2.34. The van der Waals surface area contributed by atoms with Crippen molar-refractivity contribution < 1.29 is 4.39 Å². The van der Waals surface area contributed by atoms with Crippen LogP contribution in [0.25, 0.3) is 55.7 Å². The molecule has 1 aliphatic rings. The van der Waals surface area contributed by atoms with Crippen molar-refractivity contribution in [3.8, 4) is 33.8 Å². The van der Waals surface area contributed by atoms with Crippen LogP contribution in [0.2, 0.25) is 0 Å². The Hall–Kier alpha value is -4.43. The van der Waals surface area contributed by atoms with Crippen molar-refractivity contribution in [2.75, 3.05) is 13.1 Å². The fourth-order valence-corrected chi connectivity index (χ4v) is 5.40. The second-order valence-electron chi connectivity index (χ2n) is 9.93. The normalized spacial score (nSPS) is 14.4. The van der Waals surface area contributed by atoms with Crippen molar-refractivity contribution in [1.82, 2.24) is 35.0 Å². The lowest BCUT2D eigenvalue weighted by Crippen LogP contribution is -2.29. The fraction of sp³-hybridized carbons (Fsp3) is 0.200. The number of halogens is 1. The number of rotatable bonds is 5. The van der Waals surface area contributed by atoms with Crippen LogP contribution in [0.4, 0.5) is 4.39 Å². The van der Waals surface area contributed by atoms with E-state index < -0.39 is 0 Å². The molecule has 38 heavy (non-hydrogen) atoms. The van der Waals surface area contributed by atoms with E-state index in [2.05, 4.69) is 36.1 Å². The molecule has 0 amide bonds. The molecule has 1 aromatic carbocycles. The van der Waals surface area contributed by atoms with E-state index in [4.69, 9.17) is 4.98 Å². The minimum absolute atomic E-state index is 0.278. The molecular formula is C30H26FN7. The highest BCUT2D eigenvalue weighted by atomic mass is 19.1. The van der Waals surface area contributed by atoms with E-state index in [1.165, 1.54) is 37.0 Å². The van der Waals surface area contributed by atoms with Gasteiger partial charge in [0.15, 0.2) is 0 Å². The number of hydrogen-bond acceptors (Lipinski definition) is 5. The second-order valence-corrected chi connectivity index (χ2v) is 9.93. The molecule has 0 spiro atoms. The topological polar surface area (TPSA) is 86.4 Å². The molecule has 7 nitrogen and oxygen atoms in total. The first-order valence-electron chi connectivity index (χ1n) is 13.0. The largest absolute Gasteiger partial charge is 0.352 e. The third-order valence-corrected chi connectivity index (χ3v) is 7.29. The Labute approximate surface area is 218 Å². The molecule has 0 aliphatic carbocycles. The van der Waals surface area contributed by atoms with Gasteiger partial charge in [0.1, 0.15) is 17.0 Å². The summed E-state index contributed by atoms with van der Waals surface area (Å²) in [5.41, 5.74) is 8.69. The van der Waals surface area contributed by atoms with Gasteiger partial charge < -0.3 is 4.98 Å².